The fraction of sp³-hybridized carbons (Fsp3) is 0.381. The first-order valence-electron chi connectivity index (χ1n) is 9.42. The van der Waals surface area contributed by atoms with Crippen molar-refractivity contribution in [2.75, 3.05) is 11.9 Å². The van der Waals surface area contributed by atoms with E-state index in [0.29, 0.717) is 17.7 Å². The summed E-state index contributed by atoms with van der Waals surface area (Å²) < 4.78 is 7.64. The van der Waals surface area contributed by atoms with E-state index in [2.05, 4.69) is 21.9 Å². The van der Waals surface area contributed by atoms with E-state index >= 15 is 0 Å². The zero-order chi connectivity index (χ0) is 17.9. The summed E-state index contributed by atoms with van der Waals surface area (Å²) in [5.74, 6) is 1.91. The standard InChI is InChI=1S/C21H24ClN3O/c1-2-26-18-11-8-15(9-12-18)20-21(23-17-6-4-3-5-7-17)25-14-16(22)10-13-19(25)24-20/h8-14,17,23H,2-7H2,1H3. The summed E-state index contributed by atoms with van der Waals surface area (Å²) >= 11 is 6.25. The third-order valence-corrected chi connectivity index (χ3v) is 5.19. The van der Waals surface area contributed by atoms with Crippen LogP contribution in [0.3, 0.4) is 0 Å². The van der Waals surface area contributed by atoms with E-state index in [1.54, 1.807) is 0 Å². The van der Waals surface area contributed by atoms with Crippen molar-refractivity contribution in [1.29, 1.82) is 0 Å². The van der Waals surface area contributed by atoms with Crippen molar-refractivity contribution in [3.8, 4) is 17.0 Å². The van der Waals surface area contributed by atoms with Crippen LogP contribution in [0.15, 0.2) is 42.6 Å². The van der Waals surface area contributed by atoms with E-state index in [0.717, 1.165) is 28.5 Å². The van der Waals surface area contributed by atoms with Crippen molar-refractivity contribution in [2.45, 2.75) is 45.1 Å². The van der Waals surface area contributed by atoms with Gasteiger partial charge in [-0.05, 0) is 56.2 Å². The molecule has 1 aliphatic rings. The molecule has 1 N–H and O–H groups in total. The lowest BCUT2D eigenvalue weighted by atomic mass is 9.95. The quantitative estimate of drug-likeness (QED) is 0.617. The third kappa shape index (κ3) is 3.51. The molecule has 0 amide bonds. The zero-order valence-corrected chi connectivity index (χ0v) is 15.8. The number of nitrogens with one attached hydrogen (secondary N) is 1. The smallest absolute Gasteiger partial charge is 0.139 e. The fourth-order valence-corrected chi connectivity index (χ4v) is 3.83. The molecule has 0 radical (unpaired) electrons. The second-order valence-electron chi connectivity index (χ2n) is 6.82. The minimum Gasteiger partial charge on any atom is -0.494 e. The van der Waals surface area contributed by atoms with Gasteiger partial charge < -0.3 is 10.1 Å². The van der Waals surface area contributed by atoms with Crippen LogP contribution in [-0.4, -0.2) is 22.0 Å². The van der Waals surface area contributed by atoms with Gasteiger partial charge in [-0.2, -0.15) is 0 Å². The van der Waals surface area contributed by atoms with Crippen molar-refractivity contribution in [1.82, 2.24) is 9.38 Å². The lowest BCUT2D eigenvalue weighted by Crippen LogP contribution is -2.23. The molecule has 0 atom stereocenters. The number of hydrogen-bond acceptors (Lipinski definition) is 3. The summed E-state index contributed by atoms with van der Waals surface area (Å²) in [5, 5.41) is 4.46. The highest BCUT2D eigenvalue weighted by Crippen LogP contribution is 2.33. The Morgan fingerprint density at radius 2 is 1.88 bits per heavy atom. The van der Waals surface area contributed by atoms with E-state index in [9.17, 15) is 0 Å². The molecule has 3 aromatic rings. The molecule has 4 nitrogen and oxygen atoms in total. The first kappa shape index (κ1) is 17.2. The summed E-state index contributed by atoms with van der Waals surface area (Å²) in [6, 6.07) is 12.5. The highest BCUT2D eigenvalue weighted by atomic mass is 35.5. The van der Waals surface area contributed by atoms with E-state index in [1.165, 1.54) is 32.1 Å². The van der Waals surface area contributed by atoms with Crippen LogP contribution >= 0.6 is 11.6 Å². The summed E-state index contributed by atoms with van der Waals surface area (Å²) in [4.78, 5) is 4.87. The molecular weight excluding hydrogens is 346 g/mol. The Labute approximate surface area is 159 Å². The summed E-state index contributed by atoms with van der Waals surface area (Å²) in [7, 11) is 0. The number of aromatic nitrogens is 2. The highest BCUT2D eigenvalue weighted by Gasteiger charge is 2.19. The number of rotatable bonds is 5. The van der Waals surface area contributed by atoms with Gasteiger partial charge in [0, 0.05) is 17.8 Å². The van der Waals surface area contributed by atoms with Gasteiger partial charge in [0.1, 0.15) is 22.9 Å². The predicted octanol–water partition coefficient (Wildman–Crippen LogP) is 5.80. The molecule has 0 spiro atoms. The van der Waals surface area contributed by atoms with Gasteiger partial charge in [-0.15, -0.1) is 0 Å². The molecule has 0 bridgehead atoms. The molecule has 0 saturated heterocycles. The number of fused-ring (bicyclic) bond motifs is 1. The minimum absolute atomic E-state index is 0.490. The molecule has 2 aromatic heterocycles. The van der Waals surface area contributed by atoms with Crippen LogP contribution in [0.1, 0.15) is 39.0 Å². The van der Waals surface area contributed by atoms with Gasteiger partial charge in [0.15, 0.2) is 0 Å². The largest absolute Gasteiger partial charge is 0.494 e. The fourth-order valence-electron chi connectivity index (χ4n) is 3.67. The number of halogens is 1. The van der Waals surface area contributed by atoms with Gasteiger partial charge in [0.05, 0.1) is 11.6 Å². The van der Waals surface area contributed by atoms with Crippen molar-refractivity contribution in [3.63, 3.8) is 0 Å². The maximum atomic E-state index is 6.25. The van der Waals surface area contributed by atoms with E-state index in [4.69, 9.17) is 21.3 Å². The Hall–Kier alpha value is -2.20. The summed E-state index contributed by atoms with van der Waals surface area (Å²) in [5.41, 5.74) is 2.93. The Bertz CT molecular complexity index is 882. The van der Waals surface area contributed by atoms with Gasteiger partial charge in [-0.25, -0.2) is 4.98 Å². The lowest BCUT2D eigenvalue weighted by molar-refractivity contribution is 0.340. The summed E-state index contributed by atoms with van der Waals surface area (Å²) in [6.45, 7) is 2.66. The van der Waals surface area contributed by atoms with Crippen LogP contribution in [0.2, 0.25) is 5.02 Å². The molecule has 0 aliphatic heterocycles. The first-order chi connectivity index (χ1) is 12.7. The van der Waals surface area contributed by atoms with Gasteiger partial charge >= 0.3 is 0 Å². The molecule has 2 heterocycles. The van der Waals surface area contributed by atoms with Gasteiger partial charge in [0.25, 0.3) is 0 Å². The highest BCUT2D eigenvalue weighted by molar-refractivity contribution is 6.30. The third-order valence-electron chi connectivity index (χ3n) is 4.97. The number of nitrogens with zero attached hydrogens (tertiary/aromatic N) is 2. The van der Waals surface area contributed by atoms with Crippen LogP contribution in [-0.2, 0) is 0 Å². The Morgan fingerprint density at radius 3 is 2.62 bits per heavy atom. The molecule has 0 unspecified atom stereocenters. The molecule has 1 saturated carbocycles. The van der Waals surface area contributed by atoms with Crippen LogP contribution in [0.4, 0.5) is 5.82 Å². The zero-order valence-electron chi connectivity index (χ0n) is 15.0. The average molecular weight is 370 g/mol. The van der Waals surface area contributed by atoms with Crippen LogP contribution in [0.25, 0.3) is 16.9 Å². The number of anilines is 1. The van der Waals surface area contributed by atoms with Gasteiger partial charge in [-0.1, -0.05) is 30.9 Å². The minimum atomic E-state index is 0.490. The van der Waals surface area contributed by atoms with Crippen molar-refractivity contribution in [2.24, 2.45) is 0 Å². The first-order valence-corrected chi connectivity index (χ1v) is 9.80. The molecule has 1 aliphatic carbocycles. The molecular formula is C21H24ClN3O. The van der Waals surface area contributed by atoms with Crippen LogP contribution in [0.5, 0.6) is 5.75 Å². The maximum absolute atomic E-state index is 6.25. The molecule has 5 heteroatoms. The van der Waals surface area contributed by atoms with E-state index in [1.807, 2.05) is 37.4 Å². The number of ether oxygens (including phenoxy) is 1. The number of hydrogen-bond donors (Lipinski definition) is 1. The predicted molar refractivity (Wildman–Crippen MR) is 107 cm³/mol. The Morgan fingerprint density at radius 1 is 1.12 bits per heavy atom. The normalized spacial score (nSPS) is 15.3. The van der Waals surface area contributed by atoms with Crippen molar-refractivity contribution in [3.05, 3.63) is 47.6 Å². The van der Waals surface area contributed by atoms with Crippen molar-refractivity contribution < 1.29 is 4.74 Å². The topological polar surface area (TPSA) is 38.6 Å². The average Bonchev–Trinajstić information content (AvgIpc) is 3.01. The second kappa shape index (κ2) is 7.58. The van der Waals surface area contributed by atoms with E-state index < -0.39 is 0 Å². The van der Waals surface area contributed by atoms with Crippen LogP contribution in [0, 0.1) is 0 Å². The molecule has 136 valence electrons. The molecule has 1 fully saturated rings. The van der Waals surface area contributed by atoms with Crippen molar-refractivity contribution >= 4 is 23.1 Å². The summed E-state index contributed by atoms with van der Waals surface area (Å²) in [6.07, 6.45) is 8.25. The monoisotopic (exact) mass is 369 g/mol. The second-order valence-corrected chi connectivity index (χ2v) is 7.26. The molecule has 4 rings (SSSR count). The number of imidazole rings is 1. The SMILES string of the molecule is CCOc1ccc(-c2nc3ccc(Cl)cn3c2NC2CCCCC2)cc1. The Balaban J connectivity index is 1.75. The number of benzene rings is 1. The lowest BCUT2D eigenvalue weighted by Gasteiger charge is -2.24. The van der Waals surface area contributed by atoms with Crippen LogP contribution < -0.4 is 10.1 Å². The molecule has 1 aromatic carbocycles. The van der Waals surface area contributed by atoms with Gasteiger partial charge in [-0.3, -0.25) is 4.40 Å². The number of pyridine rings is 1. The molecule has 26 heavy (non-hydrogen) atoms. The Kier molecular flexibility index (Phi) is 5.02. The van der Waals surface area contributed by atoms with E-state index in [-0.39, 0.29) is 0 Å². The van der Waals surface area contributed by atoms with Gasteiger partial charge in [0.2, 0.25) is 0 Å². The maximum Gasteiger partial charge on any atom is 0.139 e.